The van der Waals surface area contributed by atoms with Crippen LogP contribution < -0.4 is 0 Å². The fourth-order valence-corrected chi connectivity index (χ4v) is 3.83. The van der Waals surface area contributed by atoms with E-state index in [1.807, 2.05) is 44.3 Å². The molecule has 0 saturated heterocycles. The van der Waals surface area contributed by atoms with Crippen LogP contribution in [-0.4, -0.2) is 39.7 Å². The lowest BCUT2D eigenvalue weighted by atomic mass is 9.80. The molecule has 1 amide bonds. The summed E-state index contributed by atoms with van der Waals surface area (Å²) in [7, 11) is 0. The molecule has 0 N–H and O–H groups in total. The van der Waals surface area contributed by atoms with Gasteiger partial charge in [0.05, 0.1) is 12.1 Å². The van der Waals surface area contributed by atoms with Crippen LogP contribution in [0, 0.1) is 19.3 Å². The van der Waals surface area contributed by atoms with Crippen LogP contribution in [0.3, 0.4) is 0 Å². The third-order valence-electron chi connectivity index (χ3n) is 5.39. The van der Waals surface area contributed by atoms with Crippen LogP contribution >= 0.6 is 0 Å². The molecule has 2 aromatic rings. The van der Waals surface area contributed by atoms with Crippen molar-refractivity contribution in [2.24, 2.45) is 10.4 Å². The predicted octanol–water partition coefficient (Wildman–Crippen LogP) is 3.98. The third kappa shape index (κ3) is 3.09. The standard InChI is InChI=1S/C22H24N4O2/c1-13-6-8-16(9-7-13)21(27)26-11-17(20-24-15(3)25-28-20)19-14(2)23-10-18(19)22(4,5)12-26/h6-9,11H,10,12H2,1-5H3. The van der Waals surface area contributed by atoms with Gasteiger partial charge in [-0.1, -0.05) is 36.7 Å². The lowest BCUT2D eigenvalue weighted by molar-refractivity contribution is 0.0788. The Kier molecular flexibility index (Phi) is 4.29. The van der Waals surface area contributed by atoms with Crippen molar-refractivity contribution in [1.82, 2.24) is 15.0 Å². The molecule has 6 heteroatoms. The molecular weight excluding hydrogens is 352 g/mol. The second-order valence-electron chi connectivity index (χ2n) is 8.13. The van der Waals surface area contributed by atoms with Gasteiger partial charge in [-0.15, -0.1) is 0 Å². The normalized spacial score (nSPS) is 18.5. The maximum Gasteiger partial charge on any atom is 0.260 e. The molecule has 144 valence electrons. The highest BCUT2D eigenvalue weighted by molar-refractivity contribution is 6.14. The minimum Gasteiger partial charge on any atom is -0.334 e. The molecule has 0 aliphatic carbocycles. The Morgan fingerprint density at radius 3 is 2.50 bits per heavy atom. The summed E-state index contributed by atoms with van der Waals surface area (Å²) < 4.78 is 5.48. The second kappa shape index (κ2) is 6.55. The molecule has 1 aromatic carbocycles. The summed E-state index contributed by atoms with van der Waals surface area (Å²) in [5.74, 6) is 0.934. The second-order valence-corrected chi connectivity index (χ2v) is 8.13. The van der Waals surface area contributed by atoms with E-state index in [9.17, 15) is 4.79 Å². The molecule has 1 aromatic heterocycles. The van der Waals surface area contributed by atoms with Crippen molar-refractivity contribution in [3.8, 4) is 0 Å². The molecule has 0 radical (unpaired) electrons. The molecule has 0 fully saturated rings. The number of aryl methyl sites for hydroxylation is 2. The van der Waals surface area contributed by atoms with Crippen LogP contribution in [0.4, 0.5) is 0 Å². The molecule has 2 aliphatic heterocycles. The minimum atomic E-state index is -0.232. The first-order chi connectivity index (χ1) is 13.3. The average molecular weight is 376 g/mol. The number of amides is 1. The van der Waals surface area contributed by atoms with Crippen molar-refractivity contribution in [3.05, 3.63) is 64.5 Å². The fraction of sp³-hybridized carbons (Fsp3) is 0.364. The Balaban J connectivity index is 1.85. The van der Waals surface area contributed by atoms with E-state index < -0.39 is 0 Å². The molecule has 3 heterocycles. The number of nitrogens with zero attached hydrogens (tertiary/aromatic N) is 4. The van der Waals surface area contributed by atoms with Crippen molar-refractivity contribution < 1.29 is 9.32 Å². The zero-order valence-corrected chi connectivity index (χ0v) is 16.9. The van der Waals surface area contributed by atoms with Crippen molar-refractivity contribution in [3.63, 3.8) is 0 Å². The Labute approximate surface area is 164 Å². The number of carbonyl (C=O) groups is 1. The van der Waals surface area contributed by atoms with Crippen molar-refractivity contribution >= 4 is 17.2 Å². The number of benzene rings is 1. The molecule has 2 aliphatic rings. The van der Waals surface area contributed by atoms with E-state index >= 15 is 0 Å². The first-order valence-electron chi connectivity index (χ1n) is 9.42. The van der Waals surface area contributed by atoms with Crippen molar-refractivity contribution in [2.75, 3.05) is 13.1 Å². The number of rotatable bonds is 2. The van der Waals surface area contributed by atoms with Gasteiger partial charge < -0.3 is 9.42 Å². The summed E-state index contributed by atoms with van der Waals surface area (Å²) in [5.41, 5.74) is 5.47. The van der Waals surface area contributed by atoms with Crippen LogP contribution in [0.25, 0.3) is 5.57 Å². The predicted molar refractivity (Wildman–Crippen MR) is 108 cm³/mol. The largest absolute Gasteiger partial charge is 0.334 e. The Morgan fingerprint density at radius 1 is 1.14 bits per heavy atom. The SMILES string of the molecule is CC1=NCC2=C1C(c1nc(C)no1)=CN(C(=O)c1ccc(C)cc1)CC2(C)C. The summed E-state index contributed by atoms with van der Waals surface area (Å²) in [6, 6.07) is 7.65. The molecule has 0 unspecified atom stereocenters. The number of allylic oxidation sites excluding steroid dienone is 2. The van der Waals surface area contributed by atoms with E-state index in [-0.39, 0.29) is 11.3 Å². The Bertz CT molecular complexity index is 1040. The van der Waals surface area contributed by atoms with Gasteiger partial charge in [-0.05, 0) is 38.5 Å². The zero-order chi connectivity index (χ0) is 20.1. The van der Waals surface area contributed by atoms with Gasteiger partial charge >= 0.3 is 0 Å². The summed E-state index contributed by atoms with van der Waals surface area (Å²) >= 11 is 0. The molecule has 0 saturated carbocycles. The van der Waals surface area contributed by atoms with Gasteiger partial charge in [0, 0.05) is 35.0 Å². The monoisotopic (exact) mass is 376 g/mol. The Morgan fingerprint density at radius 2 is 1.86 bits per heavy atom. The van der Waals surface area contributed by atoms with Gasteiger partial charge in [-0.25, -0.2) is 0 Å². The number of aliphatic imine (C=N–C) groups is 1. The van der Waals surface area contributed by atoms with Crippen molar-refractivity contribution in [2.45, 2.75) is 34.6 Å². The van der Waals surface area contributed by atoms with E-state index in [2.05, 4.69) is 29.0 Å². The van der Waals surface area contributed by atoms with E-state index in [4.69, 9.17) is 4.52 Å². The number of carbonyl (C=O) groups excluding carboxylic acids is 1. The average Bonchev–Trinajstić information content (AvgIpc) is 3.22. The smallest absolute Gasteiger partial charge is 0.260 e. The van der Waals surface area contributed by atoms with Gasteiger partial charge in [0.15, 0.2) is 5.82 Å². The first-order valence-corrected chi connectivity index (χ1v) is 9.42. The summed E-state index contributed by atoms with van der Waals surface area (Å²) in [5, 5.41) is 3.94. The van der Waals surface area contributed by atoms with E-state index in [1.54, 1.807) is 11.8 Å². The fourth-order valence-electron chi connectivity index (χ4n) is 3.83. The zero-order valence-electron chi connectivity index (χ0n) is 16.9. The topological polar surface area (TPSA) is 71.6 Å². The lowest BCUT2D eigenvalue weighted by Gasteiger charge is -2.30. The molecule has 0 atom stereocenters. The van der Waals surface area contributed by atoms with E-state index in [1.165, 1.54) is 5.57 Å². The van der Waals surface area contributed by atoms with Crippen LogP contribution in [0.1, 0.15) is 48.4 Å². The number of hydrogen-bond acceptors (Lipinski definition) is 5. The molecule has 0 bridgehead atoms. The lowest BCUT2D eigenvalue weighted by Crippen LogP contribution is -2.36. The molecule has 0 spiro atoms. The Hall–Kier alpha value is -3.02. The quantitative estimate of drug-likeness (QED) is 0.795. The number of aromatic nitrogens is 2. The molecule has 4 rings (SSSR count). The summed E-state index contributed by atoms with van der Waals surface area (Å²) in [6.45, 7) is 11.3. The van der Waals surface area contributed by atoms with Crippen LogP contribution in [0.2, 0.25) is 0 Å². The highest BCUT2D eigenvalue weighted by atomic mass is 16.5. The molecule has 28 heavy (non-hydrogen) atoms. The molecule has 6 nitrogen and oxygen atoms in total. The van der Waals surface area contributed by atoms with Crippen LogP contribution in [-0.2, 0) is 0 Å². The first kappa shape index (κ1) is 18.3. The number of hydrogen-bond donors (Lipinski definition) is 0. The maximum atomic E-state index is 13.3. The molecular formula is C22H24N4O2. The highest BCUT2D eigenvalue weighted by Gasteiger charge is 2.38. The summed E-state index contributed by atoms with van der Waals surface area (Å²) in [6.07, 6.45) is 1.85. The van der Waals surface area contributed by atoms with E-state index in [0.717, 1.165) is 22.4 Å². The van der Waals surface area contributed by atoms with Crippen LogP contribution in [0.5, 0.6) is 0 Å². The van der Waals surface area contributed by atoms with Crippen LogP contribution in [0.15, 0.2) is 51.1 Å². The van der Waals surface area contributed by atoms with Gasteiger partial charge in [0.25, 0.3) is 11.8 Å². The van der Waals surface area contributed by atoms with Gasteiger partial charge in [-0.3, -0.25) is 9.79 Å². The highest BCUT2D eigenvalue weighted by Crippen LogP contribution is 2.42. The van der Waals surface area contributed by atoms with Gasteiger partial charge in [0.2, 0.25) is 0 Å². The van der Waals surface area contributed by atoms with Gasteiger partial charge in [0.1, 0.15) is 0 Å². The third-order valence-corrected chi connectivity index (χ3v) is 5.39. The van der Waals surface area contributed by atoms with E-state index in [0.29, 0.717) is 30.4 Å². The maximum absolute atomic E-state index is 13.3. The van der Waals surface area contributed by atoms with Gasteiger partial charge in [-0.2, -0.15) is 4.98 Å². The summed E-state index contributed by atoms with van der Waals surface area (Å²) in [4.78, 5) is 24.1. The minimum absolute atomic E-state index is 0.0439. The van der Waals surface area contributed by atoms with Crippen molar-refractivity contribution in [1.29, 1.82) is 0 Å².